The Kier molecular flexibility index (Phi) is 7.69. The van der Waals surface area contributed by atoms with Crippen LogP contribution in [0.2, 0.25) is 0 Å². The van der Waals surface area contributed by atoms with Gasteiger partial charge in [0.05, 0.1) is 5.75 Å². The summed E-state index contributed by atoms with van der Waals surface area (Å²) in [6.07, 6.45) is 0.881. The fourth-order valence-corrected chi connectivity index (χ4v) is 2.40. The van der Waals surface area contributed by atoms with Gasteiger partial charge < -0.3 is 10.6 Å². The molecule has 0 fully saturated rings. The van der Waals surface area contributed by atoms with Gasteiger partial charge in [-0.25, -0.2) is 0 Å². The number of amides is 2. The molecule has 1 aromatic carbocycles. The van der Waals surface area contributed by atoms with Crippen LogP contribution in [0.25, 0.3) is 0 Å². The maximum Gasteiger partial charge on any atom is 0.242 e. The van der Waals surface area contributed by atoms with Crippen LogP contribution in [-0.4, -0.2) is 30.2 Å². The predicted octanol–water partition coefficient (Wildman–Crippen LogP) is 2.57. The maximum atomic E-state index is 11.8. The van der Waals surface area contributed by atoms with Gasteiger partial charge in [-0.2, -0.15) is 0 Å². The first-order valence-electron chi connectivity index (χ1n) is 6.48. The van der Waals surface area contributed by atoms with E-state index in [4.69, 9.17) is 0 Å². The zero-order valence-corrected chi connectivity index (χ0v) is 14.0. The summed E-state index contributed by atoms with van der Waals surface area (Å²) in [4.78, 5) is 24.4. The third-order valence-electron chi connectivity index (χ3n) is 2.50. The molecular formula is C14H19BrN2O2S. The minimum Gasteiger partial charge on any atom is -0.354 e. The normalized spacial score (nSPS) is 11.8. The summed E-state index contributed by atoms with van der Waals surface area (Å²) in [5.41, 5.74) is 0. The average Bonchev–Trinajstić information content (AvgIpc) is 2.44. The Balaban J connectivity index is 2.32. The van der Waals surface area contributed by atoms with E-state index in [-0.39, 0.29) is 11.8 Å². The van der Waals surface area contributed by atoms with Crippen molar-refractivity contribution in [1.29, 1.82) is 0 Å². The van der Waals surface area contributed by atoms with Gasteiger partial charge in [0.1, 0.15) is 6.04 Å². The summed E-state index contributed by atoms with van der Waals surface area (Å²) in [6, 6.07) is 7.25. The Morgan fingerprint density at radius 1 is 1.30 bits per heavy atom. The Morgan fingerprint density at radius 2 is 1.95 bits per heavy atom. The van der Waals surface area contributed by atoms with Gasteiger partial charge in [0.25, 0.3) is 0 Å². The molecule has 110 valence electrons. The largest absolute Gasteiger partial charge is 0.354 e. The second kappa shape index (κ2) is 9.02. The molecular weight excluding hydrogens is 340 g/mol. The van der Waals surface area contributed by atoms with Crippen LogP contribution in [0, 0.1) is 0 Å². The molecule has 0 aromatic heterocycles. The topological polar surface area (TPSA) is 58.2 Å². The second-order valence-corrected chi connectivity index (χ2v) is 6.29. The minimum absolute atomic E-state index is 0.142. The third kappa shape index (κ3) is 6.43. The zero-order chi connectivity index (χ0) is 15.0. The summed E-state index contributed by atoms with van der Waals surface area (Å²) in [6.45, 7) is 4.30. The van der Waals surface area contributed by atoms with E-state index in [9.17, 15) is 9.59 Å². The Hall–Kier alpha value is -1.01. The summed E-state index contributed by atoms with van der Waals surface area (Å²) in [7, 11) is 0. The molecule has 0 aliphatic heterocycles. The summed E-state index contributed by atoms with van der Waals surface area (Å²) >= 11 is 4.81. The number of carbonyl (C=O) groups excluding carboxylic acids is 2. The number of hydrogen-bond donors (Lipinski definition) is 2. The predicted molar refractivity (Wildman–Crippen MR) is 85.8 cm³/mol. The van der Waals surface area contributed by atoms with Crippen LogP contribution in [0.4, 0.5) is 0 Å². The Morgan fingerprint density at radius 3 is 2.55 bits per heavy atom. The van der Waals surface area contributed by atoms with E-state index < -0.39 is 6.04 Å². The molecule has 1 atom stereocenters. The number of benzene rings is 1. The standard InChI is InChI=1S/C14H19BrN2O2S/c1-3-8-16-14(19)10(2)17-13(18)9-20-12-6-4-11(15)5-7-12/h4-7,10H,3,8-9H2,1-2H3,(H,16,19)(H,17,18)/t10-/m0/s1. The van der Waals surface area contributed by atoms with Crippen LogP contribution in [0.5, 0.6) is 0 Å². The molecule has 0 unspecified atom stereocenters. The lowest BCUT2D eigenvalue weighted by atomic mass is 10.3. The zero-order valence-electron chi connectivity index (χ0n) is 11.6. The number of thioether (sulfide) groups is 1. The van der Waals surface area contributed by atoms with E-state index in [0.29, 0.717) is 12.3 Å². The van der Waals surface area contributed by atoms with Crippen molar-refractivity contribution in [2.75, 3.05) is 12.3 Å². The van der Waals surface area contributed by atoms with Gasteiger partial charge in [0.2, 0.25) is 11.8 Å². The summed E-state index contributed by atoms with van der Waals surface area (Å²) in [5.74, 6) is 0.0124. The van der Waals surface area contributed by atoms with Crippen LogP contribution in [0.15, 0.2) is 33.6 Å². The average molecular weight is 359 g/mol. The minimum atomic E-state index is -0.500. The van der Waals surface area contributed by atoms with E-state index in [1.807, 2.05) is 31.2 Å². The van der Waals surface area contributed by atoms with Crippen LogP contribution in [0.3, 0.4) is 0 Å². The second-order valence-electron chi connectivity index (χ2n) is 4.32. The molecule has 2 amide bonds. The van der Waals surface area contributed by atoms with Crippen molar-refractivity contribution in [3.05, 3.63) is 28.7 Å². The molecule has 0 aliphatic carbocycles. The van der Waals surface area contributed by atoms with E-state index in [2.05, 4.69) is 26.6 Å². The molecule has 0 spiro atoms. The SMILES string of the molecule is CCCNC(=O)[C@H](C)NC(=O)CSc1ccc(Br)cc1. The van der Waals surface area contributed by atoms with E-state index >= 15 is 0 Å². The molecule has 0 aliphatic rings. The van der Waals surface area contributed by atoms with Crippen LogP contribution in [-0.2, 0) is 9.59 Å². The first-order chi connectivity index (χ1) is 9.52. The van der Waals surface area contributed by atoms with Crippen molar-refractivity contribution in [3.63, 3.8) is 0 Å². The molecule has 0 heterocycles. The summed E-state index contributed by atoms with van der Waals surface area (Å²) in [5, 5.41) is 5.44. The van der Waals surface area contributed by atoms with Gasteiger partial charge in [-0.3, -0.25) is 9.59 Å². The monoisotopic (exact) mass is 358 g/mol. The smallest absolute Gasteiger partial charge is 0.242 e. The van der Waals surface area contributed by atoms with Crippen molar-refractivity contribution in [2.45, 2.75) is 31.2 Å². The highest BCUT2D eigenvalue weighted by molar-refractivity contribution is 9.10. The molecule has 1 aromatic rings. The van der Waals surface area contributed by atoms with E-state index in [1.54, 1.807) is 6.92 Å². The van der Waals surface area contributed by atoms with Crippen molar-refractivity contribution >= 4 is 39.5 Å². The van der Waals surface area contributed by atoms with Gasteiger partial charge in [0, 0.05) is 15.9 Å². The molecule has 0 radical (unpaired) electrons. The van der Waals surface area contributed by atoms with Gasteiger partial charge in [-0.05, 0) is 37.6 Å². The molecule has 0 bridgehead atoms. The summed E-state index contributed by atoms with van der Waals surface area (Å²) < 4.78 is 1.01. The molecule has 1 rings (SSSR count). The fourth-order valence-electron chi connectivity index (χ4n) is 1.43. The number of halogens is 1. The number of nitrogens with one attached hydrogen (secondary N) is 2. The van der Waals surface area contributed by atoms with Crippen molar-refractivity contribution in [1.82, 2.24) is 10.6 Å². The molecule has 20 heavy (non-hydrogen) atoms. The van der Waals surface area contributed by atoms with E-state index in [0.717, 1.165) is 15.8 Å². The van der Waals surface area contributed by atoms with Gasteiger partial charge in [-0.15, -0.1) is 11.8 Å². The quantitative estimate of drug-likeness (QED) is 0.736. The Bertz CT molecular complexity index is 451. The van der Waals surface area contributed by atoms with Gasteiger partial charge in [0.15, 0.2) is 0 Å². The van der Waals surface area contributed by atoms with Crippen LogP contribution in [0.1, 0.15) is 20.3 Å². The first kappa shape index (κ1) is 17.0. The molecule has 0 saturated heterocycles. The molecule has 4 nitrogen and oxygen atoms in total. The Labute approximate surface area is 132 Å². The molecule has 0 saturated carbocycles. The van der Waals surface area contributed by atoms with Crippen molar-refractivity contribution < 1.29 is 9.59 Å². The highest BCUT2D eigenvalue weighted by Gasteiger charge is 2.14. The number of hydrogen-bond acceptors (Lipinski definition) is 3. The highest BCUT2D eigenvalue weighted by Crippen LogP contribution is 2.20. The molecule has 2 N–H and O–H groups in total. The highest BCUT2D eigenvalue weighted by atomic mass is 79.9. The lowest BCUT2D eigenvalue weighted by Crippen LogP contribution is -2.45. The number of rotatable bonds is 7. The van der Waals surface area contributed by atoms with Crippen molar-refractivity contribution in [2.24, 2.45) is 0 Å². The van der Waals surface area contributed by atoms with Crippen molar-refractivity contribution in [3.8, 4) is 0 Å². The third-order valence-corrected chi connectivity index (χ3v) is 4.04. The number of carbonyl (C=O) groups is 2. The lowest BCUT2D eigenvalue weighted by Gasteiger charge is -2.13. The van der Waals surface area contributed by atoms with Gasteiger partial charge in [-0.1, -0.05) is 22.9 Å². The fraction of sp³-hybridized carbons (Fsp3) is 0.429. The van der Waals surface area contributed by atoms with Crippen LogP contribution >= 0.6 is 27.7 Å². The molecule has 6 heteroatoms. The lowest BCUT2D eigenvalue weighted by molar-refractivity contribution is -0.127. The van der Waals surface area contributed by atoms with Gasteiger partial charge >= 0.3 is 0 Å². The van der Waals surface area contributed by atoms with Crippen LogP contribution < -0.4 is 10.6 Å². The first-order valence-corrected chi connectivity index (χ1v) is 8.26. The van der Waals surface area contributed by atoms with E-state index in [1.165, 1.54) is 11.8 Å². The maximum absolute atomic E-state index is 11.8.